The highest BCUT2D eigenvalue weighted by molar-refractivity contribution is 7.28. The molecule has 2 rings (SSSR count). The summed E-state index contributed by atoms with van der Waals surface area (Å²) in [7, 11) is 0.349. The monoisotopic (exact) mass is 224 g/mol. The fraction of sp³-hybridized carbons (Fsp3) is 0.167. The maximum atomic E-state index is 2.35. The molecule has 2 heteroatoms. The molecule has 0 aliphatic heterocycles. The predicted molar refractivity (Wildman–Crippen MR) is 59.2 cm³/mol. The minimum atomic E-state index is 0. The fourth-order valence-electron chi connectivity index (χ4n) is 1.37. The number of thiophene rings is 1. The van der Waals surface area contributed by atoms with Gasteiger partial charge in [-0.05, 0) is 23.5 Å². The Morgan fingerprint density at radius 1 is 1.07 bits per heavy atom. The molecule has 0 saturated heterocycles. The highest BCUT2D eigenvalue weighted by Crippen LogP contribution is 2.24. The first-order valence-electron chi connectivity index (χ1n) is 4.44. The van der Waals surface area contributed by atoms with Gasteiger partial charge in [0.1, 0.15) is 10.8 Å². The van der Waals surface area contributed by atoms with Gasteiger partial charge in [0.15, 0.2) is 5.75 Å². The average Bonchev–Trinajstić information content (AvgIpc) is 2.53. The summed E-state index contributed by atoms with van der Waals surface area (Å²) in [6, 6.07) is 12.9. The Morgan fingerprint density at radius 3 is 2.36 bits per heavy atom. The minimum absolute atomic E-state index is 0. The van der Waals surface area contributed by atoms with Crippen molar-refractivity contribution in [1.82, 2.24) is 0 Å². The number of aryl methyl sites for hydroxylation is 1. The van der Waals surface area contributed by atoms with Crippen LogP contribution in [0.25, 0.3) is 0 Å². The van der Waals surface area contributed by atoms with E-state index in [2.05, 4.69) is 54.1 Å². The summed E-state index contributed by atoms with van der Waals surface area (Å²) < 4.78 is 0. The first-order valence-corrected chi connectivity index (χ1v) is 5.96. The number of halogens is 1. The first-order chi connectivity index (χ1) is 6.34. The van der Waals surface area contributed by atoms with E-state index in [0.717, 1.165) is 5.75 Å². The van der Waals surface area contributed by atoms with Gasteiger partial charge in [-0.25, -0.2) is 0 Å². The van der Waals surface area contributed by atoms with Crippen molar-refractivity contribution in [2.24, 2.45) is 0 Å². The lowest BCUT2D eigenvalue weighted by Gasteiger charge is -1.91. The van der Waals surface area contributed by atoms with Crippen LogP contribution < -0.4 is 12.4 Å². The van der Waals surface area contributed by atoms with Crippen LogP contribution in [-0.2, 0) is 5.75 Å². The molecule has 1 atom stereocenters. The minimum Gasteiger partial charge on any atom is -1.00 e. The molecule has 0 N–H and O–H groups in total. The summed E-state index contributed by atoms with van der Waals surface area (Å²) in [6.45, 7) is 2.16. The van der Waals surface area contributed by atoms with E-state index in [1.807, 2.05) is 0 Å². The van der Waals surface area contributed by atoms with E-state index in [1.165, 1.54) is 11.1 Å². The summed E-state index contributed by atoms with van der Waals surface area (Å²) in [6.07, 6.45) is 0. The Morgan fingerprint density at radius 2 is 1.79 bits per heavy atom. The predicted octanol–water partition coefficient (Wildman–Crippen LogP) is 0.796. The smallest absolute Gasteiger partial charge is 0.152 e. The SMILES string of the molecule is Cc1cc[s+](Cc2ccccc2)c1.[Cl-]. The Hall–Kier alpha value is -0.790. The molecule has 0 aliphatic carbocycles. The molecule has 1 heterocycles. The summed E-state index contributed by atoms with van der Waals surface area (Å²) in [4.78, 5) is 0. The first kappa shape index (κ1) is 11.3. The third-order valence-corrected chi connectivity index (χ3v) is 3.85. The van der Waals surface area contributed by atoms with Crippen LogP contribution in [0.15, 0.2) is 47.2 Å². The lowest BCUT2D eigenvalue weighted by Crippen LogP contribution is -3.00. The van der Waals surface area contributed by atoms with Crippen LogP contribution >= 0.6 is 10.5 Å². The molecule has 0 saturated carbocycles. The van der Waals surface area contributed by atoms with Crippen LogP contribution in [0, 0.1) is 6.92 Å². The highest BCUT2D eigenvalue weighted by atomic mass is 35.5. The van der Waals surface area contributed by atoms with Crippen molar-refractivity contribution in [3.05, 3.63) is 58.3 Å². The molecule has 0 amide bonds. The van der Waals surface area contributed by atoms with Crippen LogP contribution in [0.3, 0.4) is 0 Å². The molecule has 2 aromatic rings. The zero-order chi connectivity index (χ0) is 9.10. The van der Waals surface area contributed by atoms with Gasteiger partial charge in [0.05, 0.1) is 0 Å². The maximum absolute atomic E-state index is 2.35. The van der Waals surface area contributed by atoms with E-state index in [9.17, 15) is 0 Å². The van der Waals surface area contributed by atoms with Crippen LogP contribution in [-0.4, -0.2) is 0 Å². The zero-order valence-electron chi connectivity index (χ0n) is 8.11. The largest absolute Gasteiger partial charge is 1.00 e. The van der Waals surface area contributed by atoms with E-state index < -0.39 is 0 Å². The maximum Gasteiger partial charge on any atom is 0.152 e. The van der Waals surface area contributed by atoms with Gasteiger partial charge in [-0.2, -0.15) is 0 Å². The van der Waals surface area contributed by atoms with Gasteiger partial charge in [-0.1, -0.05) is 30.3 Å². The van der Waals surface area contributed by atoms with Gasteiger partial charge < -0.3 is 12.4 Å². The van der Waals surface area contributed by atoms with Gasteiger partial charge in [-0.3, -0.25) is 0 Å². The van der Waals surface area contributed by atoms with Crippen molar-refractivity contribution in [2.45, 2.75) is 12.7 Å². The van der Waals surface area contributed by atoms with E-state index in [0.29, 0.717) is 10.5 Å². The van der Waals surface area contributed by atoms with Crippen LogP contribution in [0.1, 0.15) is 11.1 Å². The molecule has 1 aromatic carbocycles. The lowest BCUT2D eigenvalue weighted by molar-refractivity contribution is -0.00000269. The van der Waals surface area contributed by atoms with Gasteiger partial charge >= 0.3 is 0 Å². The summed E-state index contributed by atoms with van der Waals surface area (Å²) >= 11 is 0. The lowest BCUT2D eigenvalue weighted by atomic mass is 10.2. The third kappa shape index (κ3) is 2.86. The highest BCUT2D eigenvalue weighted by Gasteiger charge is 2.04. The van der Waals surface area contributed by atoms with Crippen LogP contribution in [0.4, 0.5) is 0 Å². The third-order valence-electron chi connectivity index (χ3n) is 2.02. The van der Waals surface area contributed by atoms with E-state index in [-0.39, 0.29) is 12.4 Å². The summed E-state index contributed by atoms with van der Waals surface area (Å²) in [5.41, 5.74) is 2.83. The van der Waals surface area contributed by atoms with E-state index >= 15 is 0 Å². The molecular weight excluding hydrogens is 212 g/mol. The standard InChI is InChI=1S/C12H13S.ClH/c1-11-7-8-13(9-11)10-12-5-3-2-4-6-12;/h2-9H,10H2,1H3;1H/q+1;/p-1. The van der Waals surface area contributed by atoms with Crippen LogP contribution in [0.2, 0.25) is 0 Å². The molecule has 1 aromatic heterocycles. The molecule has 14 heavy (non-hydrogen) atoms. The molecule has 0 fully saturated rings. The Bertz CT molecular complexity index is 378. The van der Waals surface area contributed by atoms with Gasteiger partial charge in [0.2, 0.25) is 0 Å². The fourth-order valence-corrected chi connectivity index (χ4v) is 3.15. The second-order valence-electron chi connectivity index (χ2n) is 3.26. The summed E-state index contributed by atoms with van der Waals surface area (Å²) in [5.74, 6) is 1.16. The van der Waals surface area contributed by atoms with Crippen molar-refractivity contribution >= 4 is 10.5 Å². The second kappa shape index (κ2) is 5.18. The Balaban J connectivity index is 0.000000980. The van der Waals surface area contributed by atoms with Crippen molar-refractivity contribution in [1.29, 1.82) is 0 Å². The van der Waals surface area contributed by atoms with Crippen molar-refractivity contribution in [2.75, 3.05) is 0 Å². The molecule has 0 nitrogen and oxygen atoms in total. The molecule has 0 aliphatic rings. The topological polar surface area (TPSA) is 0 Å². The van der Waals surface area contributed by atoms with Gasteiger partial charge in [-0.15, -0.1) is 0 Å². The van der Waals surface area contributed by atoms with Crippen molar-refractivity contribution in [3.8, 4) is 0 Å². The van der Waals surface area contributed by atoms with Gasteiger partial charge in [0.25, 0.3) is 0 Å². The van der Waals surface area contributed by atoms with E-state index in [1.54, 1.807) is 0 Å². The summed E-state index contributed by atoms with van der Waals surface area (Å²) in [5, 5.41) is 4.66. The molecule has 0 spiro atoms. The number of hydrogen-bond donors (Lipinski definition) is 0. The Labute approximate surface area is 94.0 Å². The van der Waals surface area contributed by atoms with Crippen molar-refractivity contribution < 1.29 is 12.4 Å². The number of hydrogen-bond acceptors (Lipinski definition) is 0. The quantitative estimate of drug-likeness (QED) is 0.662. The normalized spacial score (nSPS) is 10.8. The Kier molecular flexibility index (Phi) is 4.18. The van der Waals surface area contributed by atoms with Gasteiger partial charge in [0, 0.05) is 11.1 Å². The second-order valence-corrected chi connectivity index (χ2v) is 5.00. The zero-order valence-corrected chi connectivity index (χ0v) is 9.68. The average molecular weight is 225 g/mol. The number of rotatable bonds is 2. The molecule has 0 bridgehead atoms. The molecular formula is C12H13ClS. The molecule has 74 valence electrons. The van der Waals surface area contributed by atoms with Crippen LogP contribution in [0.5, 0.6) is 0 Å². The van der Waals surface area contributed by atoms with Crippen molar-refractivity contribution in [3.63, 3.8) is 0 Å². The van der Waals surface area contributed by atoms with E-state index in [4.69, 9.17) is 0 Å². The molecule has 0 radical (unpaired) electrons. The molecule has 1 unspecified atom stereocenters. The number of benzene rings is 1.